The van der Waals surface area contributed by atoms with Gasteiger partial charge in [-0.05, 0) is 123 Å². The zero-order valence-corrected chi connectivity index (χ0v) is 30.0. The number of hydrogen-bond donors (Lipinski definition) is 3. The van der Waals surface area contributed by atoms with Gasteiger partial charge in [0.2, 0.25) is 0 Å². The lowest BCUT2D eigenvalue weighted by Gasteiger charge is -2.38. The molecule has 1 saturated carbocycles. The van der Waals surface area contributed by atoms with Gasteiger partial charge in [-0.15, -0.1) is 0 Å². The Kier molecular flexibility index (Phi) is 11.5. The molecule has 6 rings (SSSR count). The van der Waals surface area contributed by atoms with Gasteiger partial charge in [-0.25, -0.2) is 0 Å². The molecule has 0 radical (unpaired) electrons. The van der Waals surface area contributed by atoms with Crippen molar-refractivity contribution in [3.05, 3.63) is 59.7 Å². The number of hydrogen-bond acceptors (Lipinski definition) is 5. The topological polar surface area (TPSA) is 65.4 Å². The molecule has 47 heavy (non-hydrogen) atoms. The van der Waals surface area contributed by atoms with Gasteiger partial charge in [0, 0.05) is 44.8 Å². The molecule has 0 unspecified atom stereocenters. The first-order chi connectivity index (χ1) is 22.7. The Labute approximate surface area is 293 Å². The molecule has 0 spiro atoms. The number of thiocarbonyl (C=S) groups is 2. The summed E-state index contributed by atoms with van der Waals surface area (Å²) in [5, 5.41) is 25.1. The van der Waals surface area contributed by atoms with Crippen molar-refractivity contribution < 1.29 is 10.2 Å². The molecule has 3 saturated heterocycles. The molecule has 3 aliphatic heterocycles. The van der Waals surface area contributed by atoms with Crippen molar-refractivity contribution >= 4 is 34.7 Å². The number of benzene rings is 2. The van der Waals surface area contributed by atoms with Crippen LogP contribution in [0.1, 0.15) is 76.3 Å². The van der Waals surface area contributed by atoms with Gasteiger partial charge in [0.05, 0.1) is 12.1 Å². The van der Waals surface area contributed by atoms with Gasteiger partial charge in [0.15, 0.2) is 10.2 Å². The Bertz CT molecular complexity index is 1330. The zero-order valence-electron chi connectivity index (χ0n) is 28.4. The van der Waals surface area contributed by atoms with E-state index in [1.165, 1.54) is 56.1 Å². The quantitative estimate of drug-likeness (QED) is 0.216. The fraction of sp³-hybridized carbons (Fsp3) is 0.632. The summed E-state index contributed by atoms with van der Waals surface area (Å²) in [6, 6.07) is 16.9. The van der Waals surface area contributed by atoms with E-state index in [9.17, 15) is 10.2 Å². The van der Waals surface area contributed by atoms with E-state index in [0.29, 0.717) is 41.6 Å². The molecule has 0 bridgehead atoms. The van der Waals surface area contributed by atoms with Crippen molar-refractivity contribution in [2.24, 2.45) is 11.8 Å². The third kappa shape index (κ3) is 8.70. The number of nitrogens with zero attached hydrogens (tertiary/aromatic N) is 4. The molecule has 0 aromatic heterocycles. The average molecular weight is 678 g/mol. The molecule has 3 heterocycles. The minimum Gasteiger partial charge on any atom is -0.508 e. The van der Waals surface area contributed by atoms with Crippen molar-refractivity contribution in [3.8, 4) is 11.5 Å². The van der Waals surface area contributed by atoms with Gasteiger partial charge >= 0.3 is 0 Å². The van der Waals surface area contributed by atoms with Crippen LogP contribution in [0.25, 0.3) is 0 Å². The minimum atomic E-state index is 0.310. The Morgan fingerprint density at radius 2 is 1.40 bits per heavy atom. The van der Waals surface area contributed by atoms with E-state index in [0.717, 1.165) is 74.7 Å². The third-order valence-corrected chi connectivity index (χ3v) is 11.9. The van der Waals surface area contributed by atoms with E-state index < -0.39 is 0 Å². The Morgan fingerprint density at radius 1 is 0.766 bits per heavy atom. The monoisotopic (exact) mass is 677 g/mol. The fourth-order valence-corrected chi connectivity index (χ4v) is 9.32. The molecular weight excluding hydrogens is 623 g/mol. The van der Waals surface area contributed by atoms with Crippen LogP contribution in [0.3, 0.4) is 0 Å². The van der Waals surface area contributed by atoms with Gasteiger partial charge in [-0.2, -0.15) is 0 Å². The van der Waals surface area contributed by atoms with Crippen LogP contribution in [-0.4, -0.2) is 103 Å². The van der Waals surface area contributed by atoms with Crippen LogP contribution >= 0.6 is 24.4 Å². The van der Waals surface area contributed by atoms with Crippen LogP contribution in [0.2, 0.25) is 0 Å². The Hall–Kier alpha value is -2.62. The summed E-state index contributed by atoms with van der Waals surface area (Å²) in [7, 11) is 0. The van der Waals surface area contributed by atoms with Gasteiger partial charge in [0.1, 0.15) is 11.5 Å². The van der Waals surface area contributed by atoms with E-state index in [1.54, 1.807) is 12.1 Å². The molecule has 256 valence electrons. The zero-order chi connectivity index (χ0) is 32.9. The summed E-state index contributed by atoms with van der Waals surface area (Å²) in [4.78, 5) is 10.4. The van der Waals surface area contributed by atoms with Gasteiger partial charge in [-0.3, -0.25) is 4.90 Å². The predicted molar refractivity (Wildman–Crippen MR) is 199 cm³/mol. The van der Waals surface area contributed by atoms with Crippen LogP contribution < -0.4 is 5.32 Å². The number of likely N-dealkylation sites (tertiary alicyclic amines) is 1. The first kappa shape index (κ1) is 34.3. The van der Waals surface area contributed by atoms with Crippen molar-refractivity contribution in [1.82, 2.24) is 24.9 Å². The van der Waals surface area contributed by atoms with E-state index in [4.69, 9.17) is 24.4 Å². The van der Waals surface area contributed by atoms with Crippen LogP contribution in [0, 0.1) is 11.8 Å². The highest BCUT2D eigenvalue weighted by atomic mass is 32.1. The molecule has 3 N–H and O–H groups in total. The van der Waals surface area contributed by atoms with Crippen LogP contribution in [0.15, 0.2) is 48.5 Å². The largest absolute Gasteiger partial charge is 0.508 e. The van der Waals surface area contributed by atoms with Crippen molar-refractivity contribution in [2.75, 3.05) is 39.3 Å². The second kappa shape index (κ2) is 15.7. The summed E-state index contributed by atoms with van der Waals surface area (Å²) < 4.78 is 0. The van der Waals surface area contributed by atoms with Gasteiger partial charge in [-0.1, -0.05) is 57.4 Å². The van der Waals surface area contributed by atoms with Gasteiger partial charge in [0.25, 0.3) is 0 Å². The second-order valence-electron chi connectivity index (χ2n) is 15.1. The maximum atomic E-state index is 9.91. The average Bonchev–Trinajstić information content (AvgIpc) is 3.73. The number of aromatic hydroxyl groups is 2. The standard InChI is InChI=1S/C38H55N5O2S2/c1-27(2)19-33(24-40-18-6-9-31(40)25-41-32(22-39-37(41)46)20-28-10-14-35(44)15-11-28)43-26-34(21-29-12-16-36(45)17-13-29)42(38(43)47)23-30-7-4-3-5-8-30/h10-17,27,30-34,44-45H,3-9,18-26H2,1-2H3,(H,39,46)/t31-,32+,33+,34+/m1/s1. The molecule has 0 amide bonds. The first-order valence-corrected chi connectivity index (χ1v) is 19.0. The number of phenolic OH excluding ortho intramolecular Hbond substituents is 2. The molecule has 4 aliphatic rings. The van der Waals surface area contributed by atoms with Crippen molar-refractivity contribution in [2.45, 2.75) is 102 Å². The normalized spacial score (nSPS) is 24.9. The maximum Gasteiger partial charge on any atom is 0.172 e. The Balaban J connectivity index is 1.16. The molecule has 4 atom stereocenters. The lowest BCUT2D eigenvalue weighted by atomic mass is 9.88. The third-order valence-electron chi connectivity index (χ3n) is 11.1. The Morgan fingerprint density at radius 3 is 2.04 bits per heavy atom. The number of rotatable bonds is 13. The summed E-state index contributed by atoms with van der Waals surface area (Å²) in [5.74, 6) is 1.94. The highest BCUT2D eigenvalue weighted by molar-refractivity contribution is 7.80. The highest BCUT2D eigenvalue weighted by Gasteiger charge is 2.41. The lowest BCUT2D eigenvalue weighted by Crippen LogP contribution is -2.51. The SMILES string of the molecule is CC(C)C[C@@H](CN1CCC[C@@H]1CN1C(=S)NC[C@@H]1Cc1ccc(O)cc1)N1C[C@H](Cc2ccc(O)cc2)N(CC2CCCCC2)C1=S. The number of nitrogens with one attached hydrogen (secondary N) is 1. The number of phenols is 2. The first-order valence-electron chi connectivity index (χ1n) is 18.1. The molecule has 1 aliphatic carbocycles. The van der Waals surface area contributed by atoms with E-state index >= 15 is 0 Å². The lowest BCUT2D eigenvalue weighted by molar-refractivity contribution is 0.149. The fourth-order valence-electron chi connectivity index (χ4n) is 8.57. The van der Waals surface area contributed by atoms with E-state index in [-0.39, 0.29) is 0 Å². The predicted octanol–water partition coefficient (Wildman–Crippen LogP) is 6.17. The molecule has 9 heteroatoms. The van der Waals surface area contributed by atoms with E-state index in [1.807, 2.05) is 24.3 Å². The molecule has 7 nitrogen and oxygen atoms in total. The molecule has 2 aromatic rings. The second-order valence-corrected chi connectivity index (χ2v) is 15.8. The minimum absolute atomic E-state index is 0.310. The molecule has 4 fully saturated rings. The van der Waals surface area contributed by atoms with Crippen LogP contribution in [-0.2, 0) is 12.8 Å². The highest BCUT2D eigenvalue weighted by Crippen LogP contribution is 2.32. The molecule has 2 aromatic carbocycles. The van der Waals surface area contributed by atoms with Crippen LogP contribution in [0.4, 0.5) is 0 Å². The van der Waals surface area contributed by atoms with Gasteiger partial charge < -0.3 is 30.2 Å². The van der Waals surface area contributed by atoms with Crippen LogP contribution in [0.5, 0.6) is 11.5 Å². The van der Waals surface area contributed by atoms with E-state index in [2.05, 4.69) is 50.9 Å². The van der Waals surface area contributed by atoms with Crippen molar-refractivity contribution in [3.63, 3.8) is 0 Å². The van der Waals surface area contributed by atoms with Crippen molar-refractivity contribution in [1.29, 1.82) is 0 Å². The summed E-state index contributed by atoms with van der Waals surface area (Å²) in [5.41, 5.74) is 2.50. The smallest absolute Gasteiger partial charge is 0.172 e. The maximum absolute atomic E-state index is 9.91. The summed E-state index contributed by atoms with van der Waals surface area (Å²) in [6.45, 7) is 10.7. The molecular formula is C38H55N5O2S2. The summed E-state index contributed by atoms with van der Waals surface area (Å²) in [6.07, 6.45) is 12.1. The summed E-state index contributed by atoms with van der Waals surface area (Å²) >= 11 is 12.2.